The fraction of sp³-hybridized carbons (Fsp3) is 0.938. The highest BCUT2D eigenvalue weighted by Gasteiger charge is 2.42. The lowest BCUT2D eigenvalue weighted by atomic mass is 9.87. The number of likely N-dealkylation sites (tertiary alicyclic amines) is 1. The molecule has 1 N–H and O–H groups in total. The molecule has 2 aliphatic heterocycles. The lowest BCUT2D eigenvalue weighted by molar-refractivity contribution is 0.156. The molecule has 2 rings (SSSR count). The second-order valence-corrected chi connectivity index (χ2v) is 7.78. The van der Waals surface area contributed by atoms with Crippen molar-refractivity contribution in [1.82, 2.24) is 15.1 Å². The van der Waals surface area contributed by atoms with E-state index >= 15 is 0 Å². The van der Waals surface area contributed by atoms with Gasteiger partial charge in [0.15, 0.2) is 5.96 Å². The standard InChI is InChI=1S/C16H32N4O/c1-15(2,11-19(4)5)10-18-14(17-3)20-8-6-16(12-20)7-9-21-13-16/h6-13H2,1-5H3,(H,17,18). The highest BCUT2D eigenvalue weighted by molar-refractivity contribution is 5.80. The summed E-state index contributed by atoms with van der Waals surface area (Å²) in [6.07, 6.45) is 2.43. The van der Waals surface area contributed by atoms with Crippen molar-refractivity contribution in [3.05, 3.63) is 0 Å². The summed E-state index contributed by atoms with van der Waals surface area (Å²) in [6, 6.07) is 0. The van der Waals surface area contributed by atoms with Crippen molar-refractivity contribution in [3.63, 3.8) is 0 Å². The first kappa shape index (κ1) is 16.6. The molecule has 2 heterocycles. The summed E-state index contributed by atoms with van der Waals surface area (Å²) >= 11 is 0. The Labute approximate surface area is 129 Å². The van der Waals surface area contributed by atoms with Gasteiger partial charge >= 0.3 is 0 Å². The van der Waals surface area contributed by atoms with Gasteiger partial charge in [-0.05, 0) is 32.4 Å². The van der Waals surface area contributed by atoms with Crippen molar-refractivity contribution >= 4 is 5.96 Å². The Hall–Kier alpha value is -0.810. The molecule has 1 atom stereocenters. The van der Waals surface area contributed by atoms with Crippen LogP contribution >= 0.6 is 0 Å². The third kappa shape index (κ3) is 4.33. The molecule has 1 spiro atoms. The molecule has 2 fully saturated rings. The SMILES string of the molecule is CN=C(NCC(C)(C)CN(C)C)N1CCC2(CCOC2)C1. The topological polar surface area (TPSA) is 40.1 Å². The van der Waals surface area contributed by atoms with Crippen LogP contribution in [0.25, 0.3) is 0 Å². The third-order valence-corrected chi connectivity index (χ3v) is 4.60. The van der Waals surface area contributed by atoms with E-state index in [9.17, 15) is 0 Å². The van der Waals surface area contributed by atoms with E-state index in [1.807, 2.05) is 7.05 Å². The minimum Gasteiger partial charge on any atom is -0.381 e. The molecular formula is C16H32N4O. The molecule has 0 amide bonds. The first-order valence-corrected chi connectivity index (χ1v) is 8.04. The van der Waals surface area contributed by atoms with E-state index in [2.05, 4.69) is 48.1 Å². The van der Waals surface area contributed by atoms with Crippen LogP contribution in [0.2, 0.25) is 0 Å². The highest BCUT2D eigenvalue weighted by atomic mass is 16.5. The Balaban J connectivity index is 1.87. The number of nitrogens with zero attached hydrogens (tertiary/aromatic N) is 3. The maximum atomic E-state index is 5.61. The molecule has 1 unspecified atom stereocenters. The lowest BCUT2D eigenvalue weighted by Crippen LogP contribution is -2.46. The van der Waals surface area contributed by atoms with Crippen molar-refractivity contribution in [3.8, 4) is 0 Å². The van der Waals surface area contributed by atoms with Crippen LogP contribution in [0.5, 0.6) is 0 Å². The number of rotatable bonds is 4. The van der Waals surface area contributed by atoms with Gasteiger partial charge in [0, 0.05) is 45.2 Å². The van der Waals surface area contributed by atoms with Gasteiger partial charge in [0.1, 0.15) is 0 Å². The molecule has 0 aromatic rings. The quantitative estimate of drug-likeness (QED) is 0.626. The number of hydrogen-bond donors (Lipinski definition) is 1. The molecule has 5 heteroatoms. The Kier molecular flexibility index (Phi) is 5.15. The summed E-state index contributed by atoms with van der Waals surface area (Å²) in [5.74, 6) is 1.05. The Bertz CT molecular complexity index is 372. The van der Waals surface area contributed by atoms with Crippen LogP contribution < -0.4 is 5.32 Å². The molecule has 0 aromatic heterocycles. The van der Waals surface area contributed by atoms with Gasteiger partial charge in [-0.3, -0.25) is 4.99 Å². The van der Waals surface area contributed by atoms with Gasteiger partial charge in [-0.25, -0.2) is 0 Å². The zero-order valence-electron chi connectivity index (χ0n) is 14.4. The molecule has 5 nitrogen and oxygen atoms in total. The highest BCUT2D eigenvalue weighted by Crippen LogP contribution is 2.38. The fourth-order valence-corrected chi connectivity index (χ4v) is 3.65. The molecule has 21 heavy (non-hydrogen) atoms. The van der Waals surface area contributed by atoms with Crippen molar-refractivity contribution in [2.45, 2.75) is 26.7 Å². The zero-order valence-corrected chi connectivity index (χ0v) is 14.4. The van der Waals surface area contributed by atoms with Crippen LogP contribution in [0.4, 0.5) is 0 Å². The molecule has 122 valence electrons. The van der Waals surface area contributed by atoms with Gasteiger partial charge in [-0.15, -0.1) is 0 Å². The van der Waals surface area contributed by atoms with Gasteiger partial charge in [0.2, 0.25) is 0 Å². The number of guanidine groups is 1. The number of hydrogen-bond acceptors (Lipinski definition) is 3. The Morgan fingerprint density at radius 2 is 2.14 bits per heavy atom. The first-order valence-electron chi connectivity index (χ1n) is 8.04. The average Bonchev–Trinajstić information content (AvgIpc) is 3.00. The summed E-state index contributed by atoms with van der Waals surface area (Å²) in [6.45, 7) is 10.6. The van der Waals surface area contributed by atoms with E-state index in [0.717, 1.165) is 45.4 Å². The second kappa shape index (κ2) is 6.53. The van der Waals surface area contributed by atoms with Crippen molar-refractivity contribution in [2.75, 3.05) is 60.5 Å². The van der Waals surface area contributed by atoms with E-state index < -0.39 is 0 Å². The summed E-state index contributed by atoms with van der Waals surface area (Å²) in [5.41, 5.74) is 0.615. The van der Waals surface area contributed by atoms with Crippen LogP contribution in [0.1, 0.15) is 26.7 Å². The fourth-order valence-electron chi connectivity index (χ4n) is 3.65. The first-order chi connectivity index (χ1) is 9.86. The Morgan fingerprint density at radius 3 is 2.71 bits per heavy atom. The molecule has 0 aromatic carbocycles. The van der Waals surface area contributed by atoms with Gasteiger partial charge < -0.3 is 19.9 Å². The monoisotopic (exact) mass is 296 g/mol. The summed E-state index contributed by atoms with van der Waals surface area (Å²) in [5, 5.41) is 3.57. The van der Waals surface area contributed by atoms with E-state index in [0.29, 0.717) is 5.41 Å². The lowest BCUT2D eigenvalue weighted by Gasteiger charge is -2.31. The van der Waals surface area contributed by atoms with Gasteiger partial charge in [-0.1, -0.05) is 13.8 Å². The predicted octanol–water partition coefficient (Wildman–Crippen LogP) is 1.26. The normalized spacial score (nSPS) is 27.1. The van der Waals surface area contributed by atoms with E-state index in [1.165, 1.54) is 12.8 Å². The zero-order chi connectivity index (χ0) is 15.5. The van der Waals surface area contributed by atoms with Crippen molar-refractivity contribution < 1.29 is 4.74 Å². The maximum absolute atomic E-state index is 5.61. The summed E-state index contributed by atoms with van der Waals surface area (Å²) < 4.78 is 5.61. The van der Waals surface area contributed by atoms with Crippen molar-refractivity contribution in [1.29, 1.82) is 0 Å². The van der Waals surface area contributed by atoms with Crippen LogP contribution in [-0.4, -0.2) is 76.3 Å². The maximum Gasteiger partial charge on any atom is 0.193 e. The molecule has 2 saturated heterocycles. The van der Waals surface area contributed by atoms with Crippen LogP contribution in [0.15, 0.2) is 4.99 Å². The van der Waals surface area contributed by atoms with E-state index in [1.54, 1.807) is 0 Å². The smallest absolute Gasteiger partial charge is 0.193 e. The summed E-state index contributed by atoms with van der Waals surface area (Å²) in [4.78, 5) is 9.13. The minimum atomic E-state index is 0.229. The van der Waals surface area contributed by atoms with E-state index in [4.69, 9.17) is 4.74 Å². The van der Waals surface area contributed by atoms with E-state index in [-0.39, 0.29) is 5.41 Å². The van der Waals surface area contributed by atoms with Crippen LogP contribution in [-0.2, 0) is 4.74 Å². The van der Waals surface area contributed by atoms with Gasteiger partial charge in [0.25, 0.3) is 0 Å². The molecule has 0 saturated carbocycles. The number of aliphatic imine (C=N–C) groups is 1. The van der Waals surface area contributed by atoms with Crippen LogP contribution in [0.3, 0.4) is 0 Å². The largest absolute Gasteiger partial charge is 0.381 e. The third-order valence-electron chi connectivity index (χ3n) is 4.60. The molecular weight excluding hydrogens is 264 g/mol. The molecule has 0 aliphatic carbocycles. The Morgan fingerprint density at radius 1 is 1.38 bits per heavy atom. The number of ether oxygens (including phenoxy) is 1. The minimum absolute atomic E-state index is 0.229. The molecule has 0 bridgehead atoms. The van der Waals surface area contributed by atoms with Gasteiger partial charge in [-0.2, -0.15) is 0 Å². The van der Waals surface area contributed by atoms with Gasteiger partial charge in [0.05, 0.1) is 6.61 Å². The van der Waals surface area contributed by atoms with Crippen molar-refractivity contribution in [2.24, 2.45) is 15.8 Å². The molecule has 2 aliphatic rings. The predicted molar refractivity (Wildman–Crippen MR) is 87.8 cm³/mol. The summed E-state index contributed by atoms with van der Waals surface area (Å²) in [7, 11) is 6.14. The average molecular weight is 296 g/mol. The molecule has 0 radical (unpaired) electrons. The van der Waals surface area contributed by atoms with Crippen LogP contribution in [0, 0.1) is 10.8 Å². The number of nitrogens with one attached hydrogen (secondary N) is 1. The second-order valence-electron chi connectivity index (χ2n) is 7.78.